The van der Waals surface area contributed by atoms with Crippen molar-refractivity contribution >= 4 is 15.8 Å². The van der Waals surface area contributed by atoms with E-state index >= 15 is 0 Å². The molecular formula is C6H8O4S. The van der Waals surface area contributed by atoms with Crippen molar-refractivity contribution < 1.29 is 18.3 Å². The van der Waals surface area contributed by atoms with Gasteiger partial charge in [-0.15, -0.1) is 0 Å². The first kappa shape index (κ1) is 7.09. The summed E-state index contributed by atoms with van der Waals surface area (Å²) in [6.45, 7) is 0. The molecule has 11 heavy (non-hydrogen) atoms. The van der Waals surface area contributed by atoms with Gasteiger partial charge in [-0.05, 0) is 12.3 Å². The molecule has 2 aliphatic rings. The van der Waals surface area contributed by atoms with Gasteiger partial charge in [0.15, 0.2) is 9.84 Å². The normalized spacial score (nSPS) is 44.9. The topological polar surface area (TPSA) is 71.4 Å². The molecule has 0 bridgehead atoms. The van der Waals surface area contributed by atoms with Crippen LogP contribution < -0.4 is 0 Å². The molecule has 1 unspecified atom stereocenters. The summed E-state index contributed by atoms with van der Waals surface area (Å²) >= 11 is 0. The van der Waals surface area contributed by atoms with Crippen LogP contribution in [-0.4, -0.2) is 30.5 Å². The minimum Gasteiger partial charge on any atom is -0.481 e. The number of sulfone groups is 1. The number of carboxylic acids is 1. The van der Waals surface area contributed by atoms with Crippen molar-refractivity contribution in [2.75, 3.05) is 5.75 Å². The Morgan fingerprint density at radius 3 is 2.36 bits per heavy atom. The minimum atomic E-state index is -3.03. The summed E-state index contributed by atoms with van der Waals surface area (Å²) in [6.07, 6.45) is 0.546. The zero-order chi connectivity index (χ0) is 8.22. The van der Waals surface area contributed by atoms with Gasteiger partial charge < -0.3 is 5.11 Å². The summed E-state index contributed by atoms with van der Waals surface area (Å²) in [5.74, 6) is -1.43. The average molecular weight is 176 g/mol. The molecule has 0 aromatic rings. The third-order valence-corrected chi connectivity index (χ3v) is 4.81. The first-order valence-corrected chi connectivity index (χ1v) is 5.20. The Hall–Kier alpha value is -0.580. The van der Waals surface area contributed by atoms with E-state index < -0.39 is 27.0 Å². The predicted molar refractivity (Wildman–Crippen MR) is 36.8 cm³/mol. The lowest BCUT2D eigenvalue weighted by atomic mass is 10.2. The van der Waals surface area contributed by atoms with Crippen molar-refractivity contribution in [3.8, 4) is 0 Å². The van der Waals surface area contributed by atoms with E-state index in [2.05, 4.69) is 0 Å². The number of carbonyl (C=O) groups is 1. The Bertz CT molecular complexity index is 305. The molecule has 0 radical (unpaired) electrons. The fourth-order valence-electron chi connectivity index (χ4n) is 1.94. The zero-order valence-corrected chi connectivity index (χ0v) is 6.54. The lowest BCUT2D eigenvalue weighted by molar-refractivity contribution is -0.138. The molecule has 0 amide bonds. The third-order valence-electron chi connectivity index (χ3n) is 2.53. The quantitative estimate of drug-likeness (QED) is 0.585. The van der Waals surface area contributed by atoms with E-state index in [4.69, 9.17) is 5.11 Å². The Kier molecular flexibility index (Phi) is 1.14. The Morgan fingerprint density at radius 1 is 1.45 bits per heavy atom. The van der Waals surface area contributed by atoms with Gasteiger partial charge in [-0.25, -0.2) is 8.42 Å². The van der Waals surface area contributed by atoms with Gasteiger partial charge in [0, 0.05) is 0 Å². The number of fused-ring (bicyclic) bond motifs is 1. The Morgan fingerprint density at radius 2 is 2.09 bits per heavy atom. The standard InChI is InChI=1S/C6H8O4S/c7-6(8)4-3-1-2-11(9,10)5(3)4/h3-5H,1-2H2,(H,7,8)/t3-,4?,5-/m1/s1. The molecule has 1 saturated heterocycles. The average Bonchev–Trinajstić information content (AvgIpc) is 2.51. The van der Waals surface area contributed by atoms with Crippen LogP contribution in [0.4, 0.5) is 0 Å². The summed E-state index contributed by atoms with van der Waals surface area (Å²) in [4.78, 5) is 10.4. The van der Waals surface area contributed by atoms with Crippen LogP contribution in [0.15, 0.2) is 0 Å². The Balaban J connectivity index is 2.26. The monoisotopic (exact) mass is 176 g/mol. The highest BCUT2D eigenvalue weighted by Crippen LogP contribution is 2.52. The van der Waals surface area contributed by atoms with Crippen LogP contribution in [0.5, 0.6) is 0 Å². The smallest absolute Gasteiger partial charge is 0.308 e. The molecule has 2 fully saturated rings. The zero-order valence-electron chi connectivity index (χ0n) is 5.73. The predicted octanol–water partition coefficient (Wildman–Crippen LogP) is -0.496. The molecule has 1 heterocycles. The van der Waals surface area contributed by atoms with Crippen molar-refractivity contribution in [3.05, 3.63) is 0 Å². The van der Waals surface area contributed by atoms with Crippen LogP contribution in [-0.2, 0) is 14.6 Å². The number of hydrogen-bond acceptors (Lipinski definition) is 3. The molecule has 3 atom stereocenters. The molecule has 0 aromatic heterocycles. The second kappa shape index (κ2) is 1.77. The summed E-state index contributed by atoms with van der Waals surface area (Å²) in [5.41, 5.74) is 0. The van der Waals surface area contributed by atoms with E-state index in [1.807, 2.05) is 0 Å². The molecular weight excluding hydrogens is 168 g/mol. The summed E-state index contributed by atoms with van der Waals surface area (Å²) in [6, 6.07) is 0. The van der Waals surface area contributed by atoms with Gasteiger partial charge in [0.2, 0.25) is 0 Å². The molecule has 62 valence electrons. The fourth-order valence-corrected chi connectivity index (χ4v) is 4.32. The molecule has 4 nitrogen and oxygen atoms in total. The molecule has 0 spiro atoms. The lowest BCUT2D eigenvalue weighted by Crippen LogP contribution is -2.14. The maximum Gasteiger partial charge on any atom is 0.308 e. The highest BCUT2D eigenvalue weighted by Gasteiger charge is 2.65. The van der Waals surface area contributed by atoms with Gasteiger partial charge >= 0.3 is 5.97 Å². The molecule has 1 aliphatic heterocycles. The maximum absolute atomic E-state index is 11.1. The molecule has 1 N–H and O–H groups in total. The van der Waals surface area contributed by atoms with E-state index in [9.17, 15) is 13.2 Å². The fraction of sp³-hybridized carbons (Fsp3) is 0.833. The van der Waals surface area contributed by atoms with Crippen LogP contribution >= 0.6 is 0 Å². The number of aliphatic carboxylic acids is 1. The van der Waals surface area contributed by atoms with E-state index in [-0.39, 0.29) is 11.7 Å². The molecule has 0 aromatic carbocycles. The number of rotatable bonds is 1. The largest absolute Gasteiger partial charge is 0.481 e. The number of carboxylic acid groups (broad SMARTS) is 1. The second-order valence-electron chi connectivity index (χ2n) is 3.15. The Labute approximate surface area is 64.1 Å². The van der Waals surface area contributed by atoms with Crippen LogP contribution in [0.2, 0.25) is 0 Å². The van der Waals surface area contributed by atoms with E-state index in [0.29, 0.717) is 6.42 Å². The van der Waals surface area contributed by atoms with Crippen LogP contribution in [0.3, 0.4) is 0 Å². The van der Waals surface area contributed by atoms with Crippen molar-refractivity contribution in [1.29, 1.82) is 0 Å². The van der Waals surface area contributed by atoms with Gasteiger partial charge in [0.25, 0.3) is 0 Å². The first-order valence-electron chi connectivity index (χ1n) is 3.48. The summed E-state index contributed by atoms with van der Waals surface area (Å²) in [7, 11) is -3.03. The van der Waals surface area contributed by atoms with Gasteiger partial charge in [-0.3, -0.25) is 4.79 Å². The van der Waals surface area contributed by atoms with Crippen LogP contribution in [0.25, 0.3) is 0 Å². The molecule has 1 saturated carbocycles. The van der Waals surface area contributed by atoms with E-state index in [1.54, 1.807) is 0 Å². The summed E-state index contributed by atoms with van der Waals surface area (Å²) in [5, 5.41) is 7.99. The van der Waals surface area contributed by atoms with Crippen molar-refractivity contribution in [3.63, 3.8) is 0 Å². The third kappa shape index (κ3) is 0.803. The second-order valence-corrected chi connectivity index (χ2v) is 5.43. The molecule has 5 heteroatoms. The first-order chi connectivity index (χ1) is 5.04. The molecule has 1 aliphatic carbocycles. The molecule has 2 rings (SSSR count). The summed E-state index contributed by atoms with van der Waals surface area (Å²) < 4.78 is 22.1. The van der Waals surface area contributed by atoms with Gasteiger partial charge in [-0.1, -0.05) is 0 Å². The van der Waals surface area contributed by atoms with Crippen LogP contribution in [0, 0.1) is 11.8 Å². The SMILES string of the molecule is O=C(O)C1[C@H]2CCS(=O)(=O)[C@@H]12. The highest BCUT2D eigenvalue weighted by atomic mass is 32.2. The van der Waals surface area contributed by atoms with Crippen LogP contribution in [0.1, 0.15) is 6.42 Å². The van der Waals surface area contributed by atoms with E-state index in [0.717, 1.165) is 0 Å². The van der Waals surface area contributed by atoms with Crippen molar-refractivity contribution in [2.45, 2.75) is 11.7 Å². The van der Waals surface area contributed by atoms with Gasteiger partial charge in [-0.2, -0.15) is 0 Å². The number of hydrogen-bond donors (Lipinski definition) is 1. The highest BCUT2D eigenvalue weighted by molar-refractivity contribution is 7.92. The lowest BCUT2D eigenvalue weighted by Gasteiger charge is -1.96. The van der Waals surface area contributed by atoms with Crippen molar-refractivity contribution in [1.82, 2.24) is 0 Å². The van der Waals surface area contributed by atoms with Gasteiger partial charge in [0.1, 0.15) is 0 Å². The van der Waals surface area contributed by atoms with Gasteiger partial charge in [0.05, 0.1) is 16.9 Å². The van der Waals surface area contributed by atoms with E-state index in [1.165, 1.54) is 0 Å². The minimum absolute atomic E-state index is 0.0718. The maximum atomic E-state index is 11.1. The van der Waals surface area contributed by atoms with Crippen molar-refractivity contribution in [2.24, 2.45) is 11.8 Å².